The molecule has 0 aliphatic heterocycles. The van der Waals surface area contributed by atoms with Gasteiger partial charge in [0.15, 0.2) is 0 Å². The fourth-order valence-corrected chi connectivity index (χ4v) is 1.60. The Morgan fingerprint density at radius 3 is 2.14 bits per heavy atom. The molecule has 2 atom stereocenters. The summed E-state index contributed by atoms with van der Waals surface area (Å²) in [6, 6.07) is -2.02. The molecule has 0 aromatic rings. The van der Waals surface area contributed by atoms with Crippen molar-refractivity contribution in [3.05, 3.63) is 12.2 Å². The summed E-state index contributed by atoms with van der Waals surface area (Å²) in [6.45, 7) is 1.41. The molecule has 120 valence electrons. The Labute approximate surface area is 124 Å². The van der Waals surface area contributed by atoms with E-state index in [1.165, 1.54) is 39.7 Å². The van der Waals surface area contributed by atoms with Crippen molar-refractivity contribution >= 4 is 17.8 Å². The first-order valence-corrected chi connectivity index (χ1v) is 6.89. The van der Waals surface area contributed by atoms with Gasteiger partial charge in [-0.05, 0) is 32.6 Å². The molecule has 0 bridgehead atoms. The van der Waals surface area contributed by atoms with Crippen molar-refractivity contribution < 1.29 is 24.2 Å². The highest BCUT2D eigenvalue weighted by Gasteiger charge is 2.21. The third kappa shape index (κ3) is 9.61. The summed E-state index contributed by atoms with van der Waals surface area (Å²) in [4.78, 5) is 32.3. The van der Waals surface area contributed by atoms with E-state index in [4.69, 9.17) is 10.8 Å². The molecule has 0 aromatic heterocycles. The lowest BCUT2D eigenvalue weighted by Gasteiger charge is -2.14. The summed E-state index contributed by atoms with van der Waals surface area (Å²) in [5.41, 5.74) is 5.26. The molecule has 1 aliphatic carbocycles. The Kier molecular flexibility index (Phi) is 9.87. The number of hydrogen-bond acceptors (Lipinski definition) is 5. The zero-order valence-corrected chi connectivity index (χ0v) is 12.5. The molecule has 0 fully saturated rings. The number of carboxylic acids is 1. The molecule has 1 amide bonds. The third-order valence-electron chi connectivity index (χ3n) is 2.80. The van der Waals surface area contributed by atoms with Crippen LogP contribution in [0.1, 0.15) is 39.0 Å². The number of nitrogens with one attached hydrogen (secondary N) is 1. The van der Waals surface area contributed by atoms with Crippen LogP contribution in [0.3, 0.4) is 0 Å². The van der Waals surface area contributed by atoms with Crippen LogP contribution >= 0.6 is 0 Å². The topological polar surface area (TPSA) is 119 Å². The monoisotopic (exact) mass is 300 g/mol. The summed E-state index contributed by atoms with van der Waals surface area (Å²) >= 11 is 0. The number of aliphatic carboxylic acids is 1. The van der Waals surface area contributed by atoms with Crippen LogP contribution < -0.4 is 11.1 Å². The quantitative estimate of drug-likeness (QED) is 0.505. The maximum atomic E-state index is 11.2. The van der Waals surface area contributed by atoms with Crippen molar-refractivity contribution in [1.29, 1.82) is 0 Å². The lowest BCUT2D eigenvalue weighted by molar-refractivity contribution is -0.144. The van der Waals surface area contributed by atoms with Gasteiger partial charge in [0, 0.05) is 0 Å². The second-order valence-corrected chi connectivity index (χ2v) is 4.71. The highest BCUT2D eigenvalue weighted by atomic mass is 16.5. The van der Waals surface area contributed by atoms with Gasteiger partial charge in [0.25, 0.3) is 0 Å². The average Bonchev–Trinajstić information content (AvgIpc) is 2.47. The Morgan fingerprint density at radius 2 is 1.81 bits per heavy atom. The Hall–Kier alpha value is -1.89. The van der Waals surface area contributed by atoms with Crippen LogP contribution in [0.2, 0.25) is 0 Å². The molecular weight excluding hydrogens is 276 g/mol. The molecule has 0 saturated carbocycles. The van der Waals surface area contributed by atoms with Gasteiger partial charge in [-0.2, -0.15) is 0 Å². The first-order chi connectivity index (χ1) is 9.88. The number of esters is 1. The number of ether oxygens (including phenoxy) is 1. The first-order valence-electron chi connectivity index (χ1n) is 6.89. The molecule has 0 aromatic carbocycles. The van der Waals surface area contributed by atoms with E-state index in [2.05, 4.69) is 22.2 Å². The highest BCUT2D eigenvalue weighted by Crippen LogP contribution is 2.07. The molecule has 7 heteroatoms. The Balaban J connectivity index is 0.000000547. The van der Waals surface area contributed by atoms with E-state index in [9.17, 15) is 14.4 Å². The fourth-order valence-electron chi connectivity index (χ4n) is 1.60. The standard InChI is InChI=1S/C8H14N2O5.C6H10/c1-4(8(14)15-2)10-7(13)5(9)3-6(11)12;1-2-4-6-5-3-1/h4-5H,3,9H2,1-2H3,(H,10,13)(H,11,12);1-2H,3-6H2/t4-,5-;/m0./s1. The van der Waals surface area contributed by atoms with E-state index in [1.807, 2.05) is 0 Å². The number of nitrogens with two attached hydrogens (primary N) is 1. The van der Waals surface area contributed by atoms with E-state index in [1.54, 1.807) is 0 Å². The molecule has 0 saturated heterocycles. The molecule has 1 aliphatic rings. The molecule has 0 unspecified atom stereocenters. The second kappa shape index (κ2) is 10.8. The zero-order valence-electron chi connectivity index (χ0n) is 12.5. The second-order valence-electron chi connectivity index (χ2n) is 4.71. The minimum atomic E-state index is -1.18. The molecule has 7 nitrogen and oxygen atoms in total. The number of carbonyl (C=O) groups is 3. The molecule has 0 heterocycles. The molecule has 1 rings (SSSR count). The van der Waals surface area contributed by atoms with Crippen LogP contribution in [0, 0.1) is 0 Å². The number of carboxylic acid groups (broad SMARTS) is 1. The van der Waals surface area contributed by atoms with E-state index in [0.29, 0.717) is 0 Å². The SMILES string of the molecule is C1=CCCCC1.COC(=O)[C@H](C)NC(=O)[C@@H](N)CC(=O)O. The summed E-state index contributed by atoms with van der Waals surface area (Å²) in [5.74, 6) is -2.50. The van der Waals surface area contributed by atoms with Gasteiger partial charge in [-0.15, -0.1) is 0 Å². The van der Waals surface area contributed by atoms with E-state index in [0.717, 1.165) is 0 Å². The molecule has 21 heavy (non-hydrogen) atoms. The normalized spacial score (nSPS) is 16.0. The van der Waals surface area contributed by atoms with Crippen molar-refractivity contribution in [3.63, 3.8) is 0 Å². The van der Waals surface area contributed by atoms with E-state index < -0.39 is 36.4 Å². The number of methoxy groups -OCH3 is 1. The van der Waals surface area contributed by atoms with Crippen LogP contribution in [0.4, 0.5) is 0 Å². The summed E-state index contributed by atoms with van der Waals surface area (Å²) in [6.07, 6.45) is 9.51. The van der Waals surface area contributed by atoms with Crippen molar-refractivity contribution in [2.45, 2.75) is 51.1 Å². The highest BCUT2D eigenvalue weighted by molar-refractivity contribution is 5.89. The van der Waals surface area contributed by atoms with Crippen LogP contribution in [-0.2, 0) is 19.1 Å². The molecule has 4 N–H and O–H groups in total. The Morgan fingerprint density at radius 1 is 1.29 bits per heavy atom. The largest absolute Gasteiger partial charge is 0.481 e. The minimum Gasteiger partial charge on any atom is -0.481 e. The van der Waals surface area contributed by atoms with Crippen molar-refractivity contribution in [3.8, 4) is 0 Å². The predicted molar refractivity (Wildman–Crippen MR) is 77.5 cm³/mol. The summed E-state index contributed by atoms with van der Waals surface area (Å²) in [5, 5.41) is 10.6. The number of allylic oxidation sites excluding steroid dienone is 2. The molecule has 0 spiro atoms. The number of hydrogen-bond donors (Lipinski definition) is 3. The number of rotatable bonds is 5. The number of amides is 1. The van der Waals surface area contributed by atoms with Crippen LogP contribution in [0.15, 0.2) is 12.2 Å². The van der Waals surface area contributed by atoms with E-state index in [-0.39, 0.29) is 0 Å². The van der Waals surface area contributed by atoms with Gasteiger partial charge in [-0.25, -0.2) is 4.79 Å². The molecule has 0 radical (unpaired) electrons. The van der Waals surface area contributed by atoms with E-state index >= 15 is 0 Å². The lowest BCUT2D eigenvalue weighted by Crippen LogP contribution is -2.48. The number of carbonyl (C=O) groups excluding carboxylic acids is 2. The average molecular weight is 300 g/mol. The van der Waals surface area contributed by atoms with Crippen LogP contribution in [0.5, 0.6) is 0 Å². The first kappa shape index (κ1) is 19.1. The van der Waals surface area contributed by atoms with Gasteiger partial charge in [-0.3, -0.25) is 9.59 Å². The minimum absolute atomic E-state index is 0.486. The van der Waals surface area contributed by atoms with Gasteiger partial charge >= 0.3 is 11.9 Å². The smallest absolute Gasteiger partial charge is 0.328 e. The fraction of sp³-hybridized carbons (Fsp3) is 0.643. The molecular formula is C14H24N2O5. The predicted octanol–water partition coefficient (Wildman–Crippen LogP) is 0.583. The lowest BCUT2D eigenvalue weighted by atomic mass is 10.1. The van der Waals surface area contributed by atoms with Gasteiger partial charge in [0.05, 0.1) is 19.6 Å². The van der Waals surface area contributed by atoms with Crippen LogP contribution in [0.25, 0.3) is 0 Å². The van der Waals surface area contributed by atoms with Gasteiger partial charge in [-0.1, -0.05) is 12.2 Å². The van der Waals surface area contributed by atoms with Crippen molar-refractivity contribution in [2.24, 2.45) is 5.73 Å². The van der Waals surface area contributed by atoms with Gasteiger partial charge < -0.3 is 20.9 Å². The van der Waals surface area contributed by atoms with Gasteiger partial charge in [0.2, 0.25) is 5.91 Å². The van der Waals surface area contributed by atoms with Crippen molar-refractivity contribution in [1.82, 2.24) is 5.32 Å². The van der Waals surface area contributed by atoms with Gasteiger partial charge in [0.1, 0.15) is 6.04 Å². The maximum Gasteiger partial charge on any atom is 0.328 e. The summed E-state index contributed by atoms with van der Waals surface area (Å²) in [7, 11) is 1.18. The van der Waals surface area contributed by atoms with Crippen LogP contribution in [-0.4, -0.2) is 42.1 Å². The maximum absolute atomic E-state index is 11.2. The summed E-state index contributed by atoms with van der Waals surface area (Å²) < 4.78 is 4.36. The zero-order chi connectivity index (χ0) is 16.3. The Bertz CT molecular complexity index is 374. The third-order valence-corrected chi connectivity index (χ3v) is 2.80. The van der Waals surface area contributed by atoms with Crippen molar-refractivity contribution in [2.75, 3.05) is 7.11 Å².